The highest BCUT2D eigenvalue weighted by Gasteiger charge is 2.22. The molecule has 1 aliphatic carbocycles. The molecule has 0 atom stereocenters. The zero-order chi connectivity index (χ0) is 17.8. The van der Waals surface area contributed by atoms with Crippen molar-refractivity contribution in [2.75, 3.05) is 0 Å². The molecule has 0 spiro atoms. The van der Waals surface area contributed by atoms with Gasteiger partial charge in [0.2, 0.25) is 0 Å². The lowest BCUT2D eigenvalue weighted by Crippen LogP contribution is -2.05. The van der Waals surface area contributed by atoms with Gasteiger partial charge in [0, 0.05) is 11.3 Å². The lowest BCUT2D eigenvalue weighted by Gasteiger charge is -2.13. The number of nitrogens with zero attached hydrogens (tertiary/aromatic N) is 4. The molecular formula is C21H22N4S. The van der Waals surface area contributed by atoms with Crippen LogP contribution in [0.4, 0.5) is 0 Å². The summed E-state index contributed by atoms with van der Waals surface area (Å²) in [5, 5.41) is 1.25. The molecule has 3 aromatic heterocycles. The Kier molecular flexibility index (Phi) is 3.60. The predicted octanol–water partition coefficient (Wildman–Crippen LogP) is 5.09. The lowest BCUT2D eigenvalue weighted by atomic mass is 9.97. The van der Waals surface area contributed by atoms with Gasteiger partial charge in [-0.3, -0.25) is 4.57 Å². The fourth-order valence-electron chi connectivity index (χ4n) is 3.95. The molecule has 0 fully saturated rings. The minimum atomic E-state index is 0.844. The van der Waals surface area contributed by atoms with Crippen LogP contribution in [-0.4, -0.2) is 19.5 Å². The molecule has 0 unspecified atom stereocenters. The Hall–Kier alpha value is -2.27. The number of fused-ring (bicyclic) bond motifs is 4. The van der Waals surface area contributed by atoms with Crippen LogP contribution in [0.5, 0.6) is 0 Å². The van der Waals surface area contributed by atoms with Crippen molar-refractivity contribution in [1.82, 2.24) is 19.5 Å². The summed E-state index contributed by atoms with van der Waals surface area (Å²) in [6.07, 6.45) is 7.64. The zero-order valence-corrected chi connectivity index (χ0v) is 16.3. The van der Waals surface area contributed by atoms with E-state index >= 15 is 0 Å². The molecule has 4 nitrogen and oxygen atoms in total. The van der Waals surface area contributed by atoms with Crippen molar-refractivity contribution < 1.29 is 0 Å². The Labute approximate surface area is 156 Å². The molecule has 1 aromatic carbocycles. The van der Waals surface area contributed by atoms with E-state index in [-0.39, 0.29) is 0 Å². The molecule has 4 aromatic rings. The number of aromatic nitrogens is 4. The molecule has 0 N–H and O–H groups in total. The van der Waals surface area contributed by atoms with E-state index in [2.05, 4.69) is 42.5 Å². The maximum Gasteiger partial charge on any atom is 0.151 e. The van der Waals surface area contributed by atoms with Crippen LogP contribution in [0.25, 0.3) is 27.1 Å². The Bertz CT molecular complexity index is 1150. The summed E-state index contributed by atoms with van der Waals surface area (Å²) >= 11 is 1.87. The minimum absolute atomic E-state index is 0.844. The van der Waals surface area contributed by atoms with Crippen molar-refractivity contribution in [3.05, 3.63) is 45.9 Å². The monoisotopic (exact) mass is 362 g/mol. The number of imidazole rings is 1. The Balaban J connectivity index is 1.86. The number of rotatable bonds is 2. The second-order valence-corrected chi connectivity index (χ2v) is 8.33. The van der Waals surface area contributed by atoms with Gasteiger partial charge in [-0.05, 0) is 68.4 Å². The first-order valence-corrected chi connectivity index (χ1v) is 10.2. The van der Waals surface area contributed by atoms with E-state index in [4.69, 9.17) is 9.97 Å². The molecule has 1 aliphatic rings. The largest absolute Gasteiger partial charge is 0.282 e. The van der Waals surface area contributed by atoms with Gasteiger partial charge in [-0.1, -0.05) is 6.92 Å². The molecule has 26 heavy (non-hydrogen) atoms. The van der Waals surface area contributed by atoms with Crippen molar-refractivity contribution in [1.29, 1.82) is 0 Å². The summed E-state index contributed by atoms with van der Waals surface area (Å²) in [6.45, 7) is 6.42. The summed E-state index contributed by atoms with van der Waals surface area (Å²) in [6, 6.07) is 4.40. The first-order valence-electron chi connectivity index (χ1n) is 9.41. The molecule has 3 heterocycles. The van der Waals surface area contributed by atoms with Crippen LogP contribution in [-0.2, 0) is 19.3 Å². The Morgan fingerprint density at radius 1 is 1.08 bits per heavy atom. The minimum Gasteiger partial charge on any atom is -0.282 e. The number of thiophene rings is 1. The van der Waals surface area contributed by atoms with Gasteiger partial charge in [-0.2, -0.15) is 0 Å². The molecule has 0 saturated carbocycles. The van der Waals surface area contributed by atoms with Gasteiger partial charge >= 0.3 is 0 Å². The number of benzene rings is 1. The van der Waals surface area contributed by atoms with Crippen LogP contribution in [0.2, 0.25) is 0 Å². The van der Waals surface area contributed by atoms with Crippen LogP contribution >= 0.6 is 11.3 Å². The molecule has 132 valence electrons. The first kappa shape index (κ1) is 15.9. The zero-order valence-electron chi connectivity index (χ0n) is 15.5. The second-order valence-electron chi connectivity index (χ2n) is 7.25. The standard InChI is InChI=1S/C21H22N4S/c1-4-18-23-20(19-14-7-5-6-8-17(14)26-21(19)24-18)25-11-22-15-9-12(2)13(3)10-16(15)25/h9-11H,4-8H2,1-3H3. The van der Waals surface area contributed by atoms with Crippen molar-refractivity contribution in [2.45, 2.75) is 52.9 Å². The summed E-state index contributed by atoms with van der Waals surface area (Å²) < 4.78 is 2.17. The molecule has 0 bridgehead atoms. The van der Waals surface area contributed by atoms with Crippen LogP contribution in [0.1, 0.15) is 47.2 Å². The van der Waals surface area contributed by atoms with Gasteiger partial charge in [-0.15, -0.1) is 11.3 Å². The van der Waals surface area contributed by atoms with Crippen molar-refractivity contribution in [3.63, 3.8) is 0 Å². The third-order valence-corrected chi connectivity index (χ3v) is 6.73. The highest BCUT2D eigenvalue weighted by Crippen LogP contribution is 2.38. The van der Waals surface area contributed by atoms with E-state index in [9.17, 15) is 0 Å². The van der Waals surface area contributed by atoms with Gasteiger partial charge in [-0.25, -0.2) is 15.0 Å². The van der Waals surface area contributed by atoms with Gasteiger partial charge in [0.15, 0.2) is 5.82 Å². The third-order valence-electron chi connectivity index (χ3n) is 5.55. The van der Waals surface area contributed by atoms with Crippen LogP contribution in [0, 0.1) is 13.8 Å². The number of hydrogen-bond acceptors (Lipinski definition) is 4. The van der Waals surface area contributed by atoms with Crippen LogP contribution in [0.3, 0.4) is 0 Å². The van der Waals surface area contributed by atoms with E-state index in [1.54, 1.807) is 0 Å². The van der Waals surface area contributed by atoms with E-state index < -0.39 is 0 Å². The second kappa shape index (κ2) is 5.88. The third kappa shape index (κ3) is 2.30. The quantitative estimate of drug-likeness (QED) is 0.499. The maximum absolute atomic E-state index is 4.96. The molecule has 0 radical (unpaired) electrons. The smallest absolute Gasteiger partial charge is 0.151 e. The molecular weight excluding hydrogens is 340 g/mol. The summed E-state index contributed by atoms with van der Waals surface area (Å²) in [5.41, 5.74) is 6.19. The van der Waals surface area contributed by atoms with E-state index in [0.29, 0.717) is 0 Å². The van der Waals surface area contributed by atoms with Crippen molar-refractivity contribution in [3.8, 4) is 5.82 Å². The summed E-state index contributed by atoms with van der Waals surface area (Å²) in [4.78, 5) is 17.1. The van der Waals surface area contributed by atoms with Gasteiger partial charge in [0.25, 0.3) is 0 Å². The molecule has 0 aliphatic heterocycles. The average molecular weight is 363 g/mol. The lowest BCUT2D eigenvalue weighted by molar-refractivity contribution is 0.700. The Morgan fingerprint density at radius 3 is 2.73 bits per heavy atom. The van der Waals surface area contributed by atoms with Crippen molar-refractivity contribution in [2.24, 2.45) is 0 Å². The normalized spacial score (nSPS) is 14.3. The first-order chi connectivity index (χ1) is 12.7. The summed E-state index contributed by atoms with van der Waals surface area (Å²) in [7, 11) is 0. The van der Waals surface area contributed by atoms with Gasteiger partial charge < -0.3 is 0 Å². The highest BCUT2D eigenvalue weighted by molar-refractivity contribution is 7.18. The van der Waals surface area contributed by atoms with Gasteiger partial charge in [0.05, 0.1) is 16.4 Å². The van der Waals surface area contributed by atoms with Crippen molar-refractivity contribution >= 4 is 32.6 Å². The maximum atomic E-state index is 4.96. The molecule has 5 rings (SSSR count). The van der Waals surface area contributed by atoms with E-state index in [1.165, 1.54) is 46.2 Å². The van der Waals surface area contributed by atoms with E-state index in [1.807, 2.05) is 17.7 Å². The molecule has 5 heteroatoms. The topological polar surface area (TPSA) is 43.6 Å². The molecule has 0 amide bonds. The number of hydrogen-bond donors (Lipinski definition) is 0. The molecule has 0 saturated heterocycles. The van der Waals surface area contributed by atoms with Crippen LogP contribution in [0.15, 0.2) is 18.5 Å². The van der Waals surface area contributed by atoms with Crippen LogP contribution < -0.4 is 0 Å². The SMILES string of the molecule is CCc1nc(-n2cnc3cc(C)c(C)cc32)c2c3c(sc2n1)CCCC3. The summed E-state index contributed by atoms with van der Waals surface area (Å²) in [5.74, 6) is 1.92. The highest BCUT2D eigenvalue weighted by atomic mass is 32.1. The average Bonchev–Trinajstić information content (AvgIpc) is 3.22. The fourth-order valence-corrected chi connectivity index (χ4v) is 5.22. The fraction of sp³-hybridized carbons (Fsp3) is 0.381. The Morgan fingerprint density at radius 2 is 1.88 bits per heavy atom. The predicted molar refractivity (Wildman–Crippen MR) is 108 cm³/mol. The number of aryl methyl sites for hydroxylation is 5. The van der Waals surface area contributed by atoms with E-state index in [0.717, 1.165) is 40.3 Å². The van der Waals surface area contributed by atoms with Gasteiger partial charge in [0.1, 0.15) is 17.0 Å².